The van der Waals surface area contributed by atoms with Crippen LogP contribution in [0, 0.1) is 12.8 Å². The molecular weight excluding hydrogens is 346 g/mol. The molecule has 0 spiro atoms. The van der Waals surface area contributed by atoms with E-state index < -0.39 is 0 Å². The average Bonchev–Trinajstić information content (AvgIpc) is 2.67. The fraction of sp³-hybridized carbons (Fsp3) is 0.700. The number of aryl methyl sites for hydroxylation is 1. The van der Waals surface area contributed by atoms with Crippen LogP contribution in [0.2, 0.25) is 0 Å². The number of aromatic nitrogens is 1. The summed E-state index contributed by atoms with van der Waals surface area (Å²) in [6.07, 6.45) is 5.01. The van der Waals surface area contributed by atoms with Gasteiger partial charge in [0.05, 0.1) is 12.3 Å². The Morgan fingerprint density at radius 1 is 1.37 bits per heavy atom. The number of carbonyl (C=O) groups excluding carboxylic acids is 1. The molecule has 0 radical (unpaired) electrons. The Kier molecular flexibility index (Phi) is 6.68. The molecule has 0 unspecified atom stereocenters. The van der Waals surface area contributed by atoms with Crippen LogP contribution in [0.5, 0.6) is 5.75 Å². The van der Waals surface area contributed by atoms with Gasteiger partial charge in [-0.2, -0.15) is 0 Å². The second-order valence-corrected chi connectivity index (χ2v) is 7.68. The van der Waals surface area contributed by atoms with Crippen molar-refractivity contribution < 1.29 is 19.7 Å². The molecule has 7 nitrogen and oxygen atoms in total. The van der Waals surface area contributed by atoms with Crippen LogP contribution in [0.1, 0.15) is 42.5 Å². The van der Waals surface area contributed by atoms with Crippen LogP contribution >= 0.6 is 0 Å². The van der Waals surface area contributed by atoms with Gasteiger partial charge in [-0.25, -0.2) is 0 Å². The molecule has 0 bridgehead atoms. The molecule has 2 aliphatic heterocycles. The van der Waals surface area contributed by atoms with E-state index in [1.54, 1.807) is 20.2 Å². The summed E-state index contributed by atoms with van der Waals surface area (Å²) in [7, 11) is 1.69. The molecule has 150 valence electrons. The third kappa shape index (κ3) is 4.42. The van der Waals surface area contributed by atoms with Gasteiger partial charge in [-0.15, -0.1) is 0 Å². The van der Waals surface area contributed by atoms with Crippen molar-refractivity contribution in [1.82, 2.24) is 14.8 Å². The van der Waals surface area contributed by atoms with Gasteiger partial charge in [-0.05, 0) is 32.1 Å². The van der Waals surface area contributed by atoms with Crippen LogP contribution in [0.25, 0.3) is 0 Å². The zero-order valence-corrected chi connectivity index (χ0v) is 16.4. The maximum atomic E-state index is 12.4. The monoisotopic (exact) mass is 377 g/mol. The highest BCUT2D eigenvalue weighted by Gasteiger charge is 2.39. The molecule has 2 aliphatic rings. The minimum Gasteiger partial charge on any atom is -0.506 e. The van der Waals surface area contributed by atoms with E-state index in [1.165, 1.54) is 0 Å². The minimum atomic E-state index is -0.127. The number of pyridine rings is 1. The van der Waals surface area contributed by atoms with E-state index in [1.807, 2.05) is 0 Å². The summed E-state index contributed by atoms with van der Waals surface area (Å²) < 4.78 is 5.13. The number of hydrogen-bond acceptors (Lipinski definition) is 6. The SMILES string of the molecule is COCCCN1C(=O)CC[C@H]2CN(Cc3c(CO)cnc(C)c3O)CC[C@H]21. The second kappa shape index (κ2) is 8.99. The fourth-order valence-corrected chi connectivity index (χ4v) is 4.46. The van der Waals surface area contributed by atoms with Crippen LogP contribution < -0.4 is 0 Å². The predicted octanol–water partition coefficient (Wildman–Crippen LogP) is 1.44. The summed E-state index contributed by atoms with van der Waals surface area (Å²) in [4.78, 5) is 20.9. The number of amides is 1. The van der Waals surface area contributed by atoms with Gasteiger partial charge in [0.15, 0.2) is 0 Å². The van der Waals surface area contributed by atoms with Crippen LogP contribution in [-0.2, 0) is 22.7 Å². The summed E-state index contributed by atoms with van der Waals surface area (Å²) in [6, 6.07) is 0.310. The summed E-state index contributed by atoms with van der Waals surface area (Å²) >= 11 is 0. The molecule has 1 aromatic rings. The minimum absolute atomic E-state index is 0.127. The lowest BCUT2D eigenvalue weighted by Gasteiger charge is -2.47. The van der Waals surface area contributed by atoms with Crippen molar-refractivity contribution in [3.8, 4) is 5.75 Å². The van der Waals surface area contributed by atoms with E-state index in [4.69, 9.17) is 4.74 Å². The average molecular weight is 377 g/mol. The van der Waals surface area contributed by atoms with E-state index in [2.05, 4.69) is 14.8 Å². The van der Waals surface area contributed by atoms with Crippen molar-refractivity contribution in [2.45, 2.75) is 51.8 Å². The number of aliphatic hydroxyl groups is 1. The number of ether oxygens (including phenoxy) is 1. The first-order valence-corrected chi connectivity index (χ1v) is 9.83. The maximum absolute atomic E-state index is 12.4. The Bertz CT molecular complexity index is 667. The summed E-state index contributed by atoms with van der Waals surface area (Å²) in [5.74, 6) is 0.913. The van der Waals surface area contributed by atoms with Crippen LogP contribution in [0.4, 0.5) is 0 Å². The number of hydrogen-bond donors (Lipinski definition) is 2. The zero-order valence-electron chi connectivity index (χ0n) is 16.4. The number of fused-ring (bicyclic) bond motifs is 1. The zero-order chi connectivity index (χ0) is 19.4. The highest BCUT2D eigenvalue weighted by atomic mass is 16.5. The van der Waals surface area contributed by atoms with Gasteiger partial charge in [0.25, 0.3) is 0 Å². The van der Waals surface area contributed by atoms with Gasteiger partial charge < -0.3 is 19.8 Å². The molecule has 2 N–H and O–H groups in total. The van der Waals surface area contributed by atoms with Gasteiger partial charge in [-0.1, -0.05) is 0 Å². The molecular formula is C20H31N3O4. The third-order valence-corrected chi connectivity index (χ3v) is 5.96. The Labute approximate surface area is 160 Å². The molecule has 0 aliphatic carbocycles. The quantitative estimate of drug-likeness (QED) is 0.700. The van der Waals surface area contributed by atoms with Gasteiger partial charge in [0.2, 0.25) is 5.91 Å². The molecule has 2 fully saturated rings. The molecule has 1 aromatic heterocycles. The third-order valence-electron chi connectivity index (χ3n) is 5.96. The first-order chi connectivity index (χ1) is 13.0. The fourth-order valence-electron chi connectivity index (χ4n) is 4.46. The molecule has 7 heteroatoms. The molecule has 3 rings (SSSR count). The molecule has 0 saturated carbocycles. The molecule has 27 heavy (non-hydrogen) atoms. The Morgan fingerprint density at radius 3 is 2.93 bits per heavy atom. The van der Waals surface area contributed by atoms with Crippen molar-refractivity contribution in [3.63, 3.8) is 0 Å². The van der Waals surface area contributed by atoms with E-state index >= 15 is 0 Å². The van der Waals surface area contributed by atoms with E-state index in [0.717, 1.165) is 44.5 Å². The molecule has 3 heterocycles. The molecule has 1 amide bonds. The summed E-state index contributed by atoms with van der Waals surface area (Å²) in [6.45, 7) is 5.48. The first kappa shape index (κ1) is 20.0. The van der Waals surface area contributed by atoms with Crippen LogP contribution in [0.15, 0.2) is 6.20 Å². The van der Waals surface area contributed by atoms with Gasteiger partial charge in [-0.3, -0.25) is 14.7 Å². The van der Waals surface area contributed by atoms with E-state index in [-0.39, 0.29) is 18.3 Å². The maximum Gasteiger partial charge on any atom is 0.222 e. The Hall–Kier alpha value is -1.70. The summed E-state index contributed by atoms with van der Waals surface area (Å²) in [5, 5.41) is 20.0. The van der Waals surface area contributed by atoms with Crippen LogP contribution in [0.3, 0.4) is 0 Å². The van der Waals surface area contributed by atoms with Gasteiger partial charge in [0, 0.05) is 69.7 Å². The largest absolute Gasteiger partial charge is 0.506 e. The van der Waals surface area contributed by atoms with Crippen molar-refractivity contribution in [2.75, 3.05) is 33.4 Å². The number of carbonyl (C=O) groups is 1. The summed E-state index contributed by atoms with van der Waals surface area (Å²) in [5.41, 5.74) is 2.04. The smallest absolute Gasteiger partial charge is 0.222 e. The van der Waals surface area contributed by atoms with Gasteiger partial charge >= 0.3 is 0 Å². The lowest BCUT2D eigenvalue weighted by molar-refractivity contribution is -0.141. The Balaban J connectivity index is 1.67. The lowest BCUT2D eigenvalue weighted by atomic mass is 9.83. The predicted molar refractivity (Wildman–Crippen MR) is 101 cm³/mol. The molecule has 2 atom stereocenters. The van der Waals surface area contributed by atoms with Crippen molar-refractivity contribution in [2.24, 2.45) is 5.92 Å². The highest BCUT2D eigenvalue weighted by molar-refractivity contribution is 5.77. The number of aromatic hydroxyl groups is 1. The topological polar surface area (TPSA) is 86.1 Å². The Morgan fingerprint density at radius 2 is 2.19 bits per heavy atom. The molecule has 2 saturated heterocycles. The normalized spacial score (nSPS) is 23.5. The second-order valence-electron chi connectivity index (χ2n) is 7.68. The standard InChI is InChI=1S/C20H31N3O4/c1-14-20(26)17(16(13-24)10-21-14)12-22-8-6-18-15(11-22)4-5-19(25)23(18)7-3-9-27-2/h10,15,18,24,26H,3-9,11-13H2,1-2H3/t15-,18+/m0/s1. The number of methoxy groups -OCH3 is 1. The number of nitrogens with zero attached hydrogens (tertiary/aromatic N) is 3. The molecule has 0 aromatic carbocycles. The van der Waals surface area contributed by atoms with Crippen molar-refractivity contribution in [3.05, 3.63) is 23.0 Å². The van der Waals surface area contributed by atoms with E-state index in [9.17, 15) is 15.0 Å². The van der Waals surface area contributed by atoms with Crippen molar-refractivity contribution >= 4 is 5.91 Å². The number of piperidine rings is 2. The highest BCUT2D eigenvalue weighted by Crippen LogP contribution is 2.33. The van der Waals surface area contributed by atoms with Crippen LogP contribution in [-0.4, -0.2) is 70.3 Å². The number of likely N-dealkylation sites (tertiary alicyclic amines) is 2. The first-order valence-electron chi connectivity index (χ1n) is 9.83. The van der Waals surface area contributed by atoms with Crippen molar-refractivity contribution in [1.29, 1.82) is 0 Å². The van der Waals surface area contributed by atoms with E-state index in [0.29, 0.717) is 42.8 Å². The number of aliphatic hydroxyl groups excluding tert-OH is 1. The lowest BCUT2D eigenvalue weighted by Crippen LogP contribution is -2.56. The number of rotatable bonds is 7. The van der Waals surface area contributed by atoms with Gasteiger partial charge in [0.1, 0.15) is 5.75 Å².